The van der Waals surface area contributed by atoms with Gasteiger partial charge in [0.05, 0.1) is 6.54 Å². The molecule has 0 aliphatic heterocycles. The van der Waals surface area contributed by atoms with Gasteiger partial charge in [-0.15, -0.1) is 10.1 Å². The van der Waals surface area contributed by atoms with Crippen LogP contribution in [0, 0.1) is 10.1 Å². The first kappa shape index (κ1) is 6.16. The molecule has 0 heterocycles. The smallest absolute Gasteiger partial charge is 0.294 e. The normalized spacial score (nSPS) is 8.14. The first-order valence-electron chi connectivity index (χ1n) is 1.84. The molecule has 0 fully saturated rings. The number of hydrogen-bond acceptors (Lipinski definition) is 3. The molecule has 0 radical (unpaired) electrons. The minimum Gasteiger partial charge on any atom is -0.356 e. The van der Waals surface area contributed by atoms with Gasteiger partial charge in [0.1, 0.15) is 6.61 Å². The summed E-state index contributed by atoms with van der Waals surface area (Å²) in [6, 6.07) is 0. The van der Waals surface area contributed by atoms with Crippen LogP contribution in [0.5, 0.6) is 0 Å². The minimum absolute atomic E-state index is 0.0903. The maximum Gasteiger partial charge on any atom is 0.294 e. The van der Waals surface area contributed by atoms with Crippen LogP contribution in [0.15, 0.2) is 0 Å². The van der Waals surface area contributed by atoms with E-state index in [4.69, 9.17) is 0 Å². The van der Waals surface area contributed by atoms with E-state index in [2.05, 4.69) is 10.6 Å². The second-order valence-corrected chi connectivity index (χ2v) is 0.910. The fourth-order valence-electron chi connectivity index (χ4n) is 0.139. The van der Waals surface area contributed by atoms with Gasteiger partial charge in [0.2, 0.25) is 0 Å². The zero-order valence-electron chi connectivity index (χ0n) is 3.79. The van der Waals surface area contributed by atoms with E-state index in [1.165, 1.54) is 0 Å². The first-order chi connectivity index (χ1) is 3.27. The standard InChI is InChI=1S/C2H6N2O3/c3-1-2-7-4(5)6/h1-3H2/p+1. The second kappa shape index (κ2) is 3.35. The molecular weight excluding hydrogens is 100 g/mol. The summed E-state index contributed by atoms with van der Waals surface area (Å²) in [5.41, 5.74) is 3.33. The Morgan fingerprint density at radius 3 is 2.57 bits per heavy atom. The third-order valence-electron chi connectivity index (χ3n) is 0.341. The molecule has 0 saturated carbocycles. The molecule has 42 valence electrons. The van der Waals surface area contributed by atoms with Crippen molar-refractivity contribution < 1.29 is 15.7 Å². The monoisotopic (exact) mass is 107 g/mol. The SMILES string of the molecule is [NH3+]CCO[N+](=O)[O-]. The van der Waals surface area contributed by atoms with Gasteiger partial charge in [-0.3, -0.25) is 0 Å². The molecule has 0 aromatic carbocycles. The van der Waals surface area contributed by atoms with E-state index in [1.807, 2.05) is 0 Å². The van der Waals surface area contributed by atoms with Crippen molar-refractivity contribution in [1.29, 1.82) is 0 Å². The lowest BCUT2D eigenvalue weighted by atomic mass is 10.8. The topological polar surface area (TPSA) is 80.0 Å². The van der Waals surface area contributed by atoms with Crippen LogP contribution in [-0.2, 0) is 4.84 Å². The molecular formula is C2H7N2O3+. The molecule has 5 heteroatoms. The Balaban J connectivity index is 2.82. The quantitative estimate of drug-likeness (QED) is 0.349. The van der Waals surface area contributed by atoms with Crippen LogP contribution >= 0.6 is 0 Å². The third-order valence-corrected chi connectivity index (χ3v) is 0.341. The van der Waals surface area contributed by atoms with Gasteiger partial charge >= 0.3 is 0 Å². The maximum atomic E-state index is 9.31. The average molecular weight is 107 g/mol. The Labute approximate surface area is 40.2 Å². The lowest BCUT2D eigenvalue weighted by Crippen LogP contribution is -2.52. The summed E-state index contributed by atoms with van der Waals surface area (Å²) in [7, 11) is 0. The zero-order chi connectivity index (χ0) is 5.70. The van der Waals surface area contributed by atoms with Crippen molar-refractivity contribution in [2.45, 2.75) is 0 Å². The van der Waals surface area contributed by atoms with E-state index in [0.29, 0.717) is 6.54 Å². The fourth-order valence-corrected chi connectivity index (χ4v) is 0.139. The molecule has 0 saturated heterocycles. The molecule has 3 N–H and O–H groups in total. The van der Waals surface area contributed by atoms with Crippen molar-refractivity contribution in [3.8, 4) is 0 Å². The van der Waals surface area contributed by atoms with Gasteiger partial charge in [-0.25, -0.2) is 0 Å². The van der Waals surface area contributed by atoms with E-state index in [1.54, 1.807) is 0 Å². The molecule has 7 heavy (non-hydrogen) atoms. The van der Waals surface area contributed by atoms with Crippen LogP contribution in [0.4, 0.5) is 0 Å². The van der Waals surface area contributed by atoms with Crippen molar-refractivity contribution in [3.05, 3.63) is 10.1 Å². The largest absolute Gasteiger partial charge is 0.356 e. The molecule has 0 bridgehead atoms. The van der Waals surface area contributed by atoms with Crippen molar-refractivity contribution in [2.75, 3.05) is 13.2 Å². The van der Waals surface area contributed by atoms with Gasteiger partial charge in [0.15, 0.2) is 0 Å². The van der Waals surface area contributed by atoms with Gasteiger partial charge in [-0.1, -0.05) is 0 Å². The van der Waals surface area contributed by atoms with E-state index in [-0.39, 0.29) is 6.61 Å². The molecule has 0 aromatic rings. The van der Waals surface area contributed by atoms with E-state index in [0.717, 1.165) is 0 Å². The van der Waals surface area contributed by atoms with Gasteiger partial charge in [-0.2, -0.15) is 0 Å². The first-order valence-corrected chi connectivity index (χ1v) is 1.84. The van der Waals surface area contributed by atoms with Gasteiger partial charge in [-0.05, 0) is 0 Å². The zero-order valence-corrected chi connectivity index (χ0v) is 3.79. The molecule has 0 atom stereocenters. The predicted octanol–water partition coefficient (Wildman–Crippen LogP) is -1.56. The molecule has 0 aliphatic carbocycles. The predicted molar refractivity (Wildman–Crippen MR) is 20.7 cm³/mol. The molecule has 0 amide bonds. The van der Waals surface area contributed by atoms with Crippen LogP contribution < -0.4 is 5.73 Å². The van der Waals surface area contributed by atoms with Crippen LogP contribution in [-0.4, -0.2) is 18.2 Å². The number of nitrogens with zero attached hydrogens (tertiary/aromatic N) is 1. The fraction of sp³-hybridized carbons (Fsp3) is 1.00. The molecule has 0 aromatic heterocycles. The van der Waals surface area contributed by atoms with Gasteiger partial charge < -0.3 is 10.6 Å². The summed E-state index contributed by atoms with van der Waals surface area (Å²) in [4.78, 5) is 13.2. The van der Waals surface area contributed by atoms with Crippen LogP contribution in [0.3, 0.4) is 0 Å². The van der Waals surface area contributed by atoms with Crippen molar-refractivity contribution in [1.82, 2.24) is 0 Å². The number of rotatable bonds is 3. The minimum atomic E-state index is -0.828. The highest BCUT2D eigenvalue weighted by Gasteiger charge is 1.89. The van der Waals surface area contributed by atoms with Crippen molar-refractivity contribution in [2.24, 2.45) is 0 Å². The van der Waals surface area contributed by atoms with E-state index >= 15 is 0 Å². The molecule has 5 nitrogen and oxygen atoms in total. The Bertz CT molecular complexity index is 64.0. The summed E-state index contributed by atoms with van der Waals surface area (Å²) in [5, 5.41) is 8.49. The lowest BCUT2D eigenvalue weighted by Gasteiger charge is -1.87. The Morgan fingerprint density at radius 1 is 1.86 bits per heavy atom. The van der Waals surface area contributed by atoms with E-state index < -0.39 is 5.09 Å². The van der Waals surface area contributed by atoms with Crippen molar-refractivity contribution >= 4 is 0 Å². The number of hydrogen-bond donors (Lipinski definition) is 1. The van der Waals surface area contributed by atoms with Gasteiger partial charge in [0, 0.05) is 0 Å². The highest BCUT2D eigenvalue weighted by atomic mass is 16.9. The molecule has 0 rings (SSSR count). The Kier molecular flexibility index (Phi) is 2.95. The highest BCUT2D eigenvalue weighted by molar-refractivity contribution is 4.09. The summed E-state index contributed by atoms with van der Waals surface area (Å²) >= 11 is 0. The number of quaternary nitrogens is 1. The maximum absolute atomic E-state index is 9.31. The van der Waals surface area contributed by atoms with Crippen LogP contribution in [0.1, 0.15) is 0 Å². The third kappa shape index (κ3) is 5.16. The van der Waals surface area contributed by atoms with Crippen LogP contribution in [0.25, 0.3) is 0 Å². The average Bonchev–Trinajstić information content (AvgIpc) is 1.61. The highest BCUT2D eigenvalue weighted by Crippen LogP contribution is 1.67. The lowest BCUT2D eigenvalue weighted by molar-refractivity contribution is -0.761. The molecule has 0 unspecified atom stereocenters. The second-order valence-electron chi connectivity index (χ2n) is 0.910. The Hall–Kier alpha value is -0.840. The van der Waals surface area contributed by atoms with E-state index in [9.17, 15) is 10.1 Å². The van der Waals surface area contributed by atoms with Crippen LogP contribution in [0.2, 0.25) is 0 Å². The Morgan fingerprint density at radius 2 is 2.43 bits per heavy atom. The molecule has 0 spiro atoms. The van der Waals surface area contributed by atoms with Gasteiger partial charge in [0.25, 0.3) is 5.09 Å². The molecule has 0 aliphatic rings. The summed E-state index contributed by atoms with van der Waals surface area (Å²) < 4.78 is 0. The summed E-state index contributed by atoms with van der Waals surface area (Å²) in [6.45, 7) is 0.522. The summed E-state index contributed by atoms with van der Waals surface area (Å²) in [6.07, 6.45) is 0. The van der Waals surface area contributed by atoms with Crippen molar-refractivity contribution in [3.63, 3.8) is 0 Å². The summed E-state index contributed by atoms with van der Waals surface area (Å²) in [5.74, 6) is 0.